The van der Waals surface area contributed by atoms with E-state index in [0.717, 1.165) is 6.07 Å². The topological polar surface area (TPSA) is 29.1 Å². The van der Waals surface area contributed by atoms with Crippen molar-refractivity contribution in [1.29, 1.82) is 0 Å². The molecule has 0 saturated heterocycles. The lowest BCUT2D eigenvalue weighted by atomic mass is 10.1. The predicted molar refractivity (Wildman–Crippen MR) is 70.5 cm³/mol. The number of benzene rings is 2. The molecule has 0 unspecified atom stereocenters. The molecule has 0 aromatic heterocycles. The van der Waals surface area contributed by atoms with Gasteiger partial charge in [-0.25, -0.2) is 13.2 Å². The molecule has 2 rings (SSSR count). The Bertz CT molecular complexity index is 746. The van der Waals surface area contributed by atoms with Crippen LogP contribution in [0, 0.1) is 24.4 Å². The van der Waals surface area contributed by atoms with Gasteiger partial charge in [-0.1, -0.05) is 6.07 Å². The smallest absolute Gasteiger partial charge is 0.322 e. The van der Waals surface area contributed by atoms with E-state index in [1.165, 1.54) is 13.0 Å². The lowest BCUT2D eigenvalue weighted by Gasteiger charge is -2.13. The molecule has 2 aromatic carbocycles. The highest BCUT2D eigenvalue weighted by Gasteiger charge is 2.32. The molecule has 0 bridgehead atoms. The minimum absolute atomic E-state index is 0.0469. The van der Waals surface area contributed by atoms with Gasteiger partial charge in [0.05, 0.1) is 5.56 Å². The summed E-state index contributed by atoms with van der Waals surface area (Å²) >= 11 is 0. The maximum absolute atomic E-state index is 13.1. The molecule has 0 fully saturated rings. The molecule has 0 radical (unpaired) electrons. The summed E-state index contributed by atoms with van der Waals surface area (Å²) in [7, 11) is 0. The van der Waals surface area contributed by atoms with E-state index >= 15 is 0 Å². The third kappa shape index (κ3) is 3.64. The van der Waals surface area contributed by atoms with Crippen molar-refractivity contribution < 1.29 is 31.1 Å². The number of anilines is 1. The quantitative estimate of drug-likeness (QED) is 0.627. The van der Waals surface area contributed by atoms with Gasteiger partial charge >= 0.3 is 6.18 Å². The Kier molecular flexibility index (Phi) is 4.35. The van der Waals surface area contributed by atoms with Gasteiger partial charge in [0.15, 0.2) is 17.5 Å². The van der Waals surface area contributed by atoms with Crippen molar-refractivity contribution in [3.8, 4) is 0 Å². The SMILES string of the molecule is Cc1ccc(NC(=O)c2cc(F)c(F)c(F)c2)cc1C(F)(F)F. The van der Waals surface area contributed by atoms with Gasteiger partial charge in [0.1, 0.15) is 0 Å². The minimum atomic E-state index is -4.61. The molecule has 0 saturated carbocycles. The number of aryl methyl sites for hydroxylation is 1. The Morgan fingerprint density at radius 3 is 2.09 bits per heavy atom. The molecule has 1 amide bonds. The fourth-order valence-corrected chi connectivity index (χ4v) is 1.90. The molecule has 23 heavy (non-hydrogen) atoms. The number of carbonyl (C=O) groups is 1. The molecule has 1 N–H and O–H groups in total. The summed E-state index contributed by atoms with van der Waals surface area (Å²) in [5.74, 6) is -5.96. The number of rotatable bonds is 2. The van der Waals surface area contributed by atoms with Gasteiger partial charge in [-0.05, 0) is 36.8 Å². The Morgan fingerprint density at radius 2 is 1.57 bits per heavy atom. The molecule has 122 valence electrons. The molecule has 0 aliphatic carbocycles. The monoisotopic (exact) mass is 333 g/mol. The van der Waals surface area contributed by atoms with Gasteiger partial charge in [-0.3, -0.25) is 4.79 Å². The highest BCUT2D eigenvalue weighted by atomic mass is 19.4. The van der Waals surface area contributed by atoms with Crippen LogP contribution in [0.3, 0.4) is 0 Å². The first kappa shape index (κ1) is 16.9. The molecule has 8 heteroatoms. The van der Waals surface area contributed by atoms with E-state index in [0.29, 0.717) is 18.2 Å². The van der Waals surface area contributed by atoms with Crippen molar-refractivity contribution in [3.05, 3.63) is 64.5 Å². The van der Waals surface area contributed by atoms with Crippen molar-refractivity contribution in [2.75, 3.05) is 5.32 Å². The van der Waals surface area contributed by atoms with Crippen molar-refractivity contribution in [3.63, 3.8) is 0 Å². The molecule has 0 aliphatic rings. The lowest BCUT2D eigenvalue weighted by Crippen LogP contribution is -2.15. The third-order valence-corrected chi connectivity index (χ3v) is 3.05. The first-order valence-electron chi connectivity index (χ1n) is 6.23. The van der Waals surface area contributed by atoms with Gasteiger partial charge in [0, 0.05) is 11.3 Å². The second-order valence-electron chi connectivity index (χ2n) is 4.74. The molecule has 2 nitrogen and oxygen atoms in total. The summed E-state index contributed by atoms with van der Waals surface area (Å²) in [5, 5.41) is 2.08. The van der Waals surface area contributed by atoms with Crippen LogP contribution < -0.4 is 5.32 Å². The Labute approximate surface area is 126 Å². The lowest BCUT2D eigenvalue weighted by molar-refractivity contribution is -0.138. The van der Waals surface area contributed by atoms with E-state index in [2.05, 4.69) is 5.32 Å². The van der Waals surface area contributed by atoms with Crippen LogP contribution in [0.2, 0.25) is 0 Å². The summed E-state index contributed by atoms with van der Waals surface area (Å²) in [6.45, 7) is 1.25. The first-order valence-corrected chi connectivity index (χ1v) is 6.23. The molecule has 0 spiro atoms. The third-order valence-electron chi connectivity index (χ3n) is 3.05. The second-order valence-corrected chi connectivity index (χ2v) is 4.74. The number of nitrogens with one attached hydrogen (secondary N) is 1. The van der Waals surface area contributed by atoms with Crippen LogP contribution in [-0.2, 0) is 6.18 Å². The average molecular weight is 333 g/mol. The number of hydrogen-bond acceptors (Lipinski definition) is 1. The van der Waals surface area contributed by atoms with Crippen LogP contribution in [0.15, 0.2) is 30.3 Å². The van der Waals surface area contributed by atoms with Crippen molar-refractivity contribution >= 4 is 11.6 Å². The van der Waals surface area contributed by atoms with Gasteiger partial charge < -0.3 is 5.32 Å². The Hall–Kier alpha value is -2.51. The molecular weight excluding hydrogens is 324 g/mol. The van der Waals surface area contributed by atoms with Crippen LogP contribution in [-0.4, -0.2) is 5.91 Å². The fourth-order valence-electron chi connectivity index (χ4n) is 1.90. The van der Waals surface area contributed by atoms with Crippen LogP contribution in [0.1, 0.15) is 21.5 Å². The molecule has 0 atom stereocenters. The van der Waals surface area contributed by atoms with E-state index in [-0.39, 0.29) is 11.3 Å². The zero-order valence-corrected chi connectivity index (χ0v) is 11.6. The number of carbonyl (C=O) groups excluding carboxylic acids is 1. The Morgan fingerprint density at radius 1 is 1.00 bits per heavy atom. The minimum Gasteiger partial charge on any atom is -0.322 e. The second kappa shape index (κ2) is 5.94. The average Bonchev–Trinajstić information content (AvgIpc) is 2.45. The van der Waals surface area contributed by atoms with E-state index in [1.54, 1.807) is 0 Å². The maximum atomic E-state index is 13.1. The van der Waals surface area contributed by atoms with E-state index < -0.39 is 40.7 Å². The van der Waals surface area contributed by atoms with Gasteiger partial charge in [0.2, 0.25) is 0 Å². The first-order chi connectivity index (χ1) is 10.6. The van der Waals surface area contributed by atoms with E-state index in [1.807, 2.05) is 0 Å². The summed E-state index contributed by atoms with van der Waals surface area (Å²) in [6, 6.07) is 3.95. The van der Waals surface area contributed by atoms with Gasteiger partial charge in [0.25, 0.3) is 5.91 Å². The predicted octanol–water partition coefficient (Wildman–Crippen LogP) is 4.68. The Balaban J connectivity index is 2.31. The summed E-state index contributed by atoms with van der Waals surface area (Å²) in [6.07, 6.45) is -4.61. The van der Waals surface area contributed by atoms with Crippen LogP contribution in [0.5, 0.6) is 0 Å². The van der Waals surface area contributed by atoms with Crippen molar-refractivity contribution in [1.82, 2.24) is 0 Å². The number of hydrogen-bond donors (Lipinski definition) is 1. The summed E-state index contributed by atoms with van der Waals surface area (Å²) in [5.41, 5.74) is -1.77. The zero-order valence-electron chi connectivity index (χ0n) is 11.6. The van der Waals surface area contributed by atoms with Crippen molar-refractivity contribution in [2.45, 2.75) is 13.1 Å². The number of alkyl halides is 3. The number of halogens is 6. The van der Waals surface area contributed by atoms with Crippen molar-refractivity contribution in [2.24, 2.45) is 0 Å². The highest BCUT2D eigenvalue weighted by Crippen LogP contribution is 2.33. The standard InChI is InChI=1S/C15H9F6NO/c1-7-2-3-9(6-10(7)15(19,20)21)22-14(23)8-4-11(16)13(18)12(17)5-8/h2-6H,1H3,(H,22,23). The maximum Gasteiger partial charge on any atom is 0.416 e. The summed E-state index contributed by atoms with van der Waals surface area (Å²) in [4.78, 5) is 11.8. The molecule has 2 aromatic rings. The molecular formula is C15H9F6NO. The van der Waals surface area contributed by atoms with Gasteiger partial charge in [-0.15, -0.1) is 0 Å². The molecule has 0 heterocycles. The largest absolute Gasteiger partial charge is 0.416 e. The summed E-state index contributed by atoms with van der Waals surface area (Å²) < 4.78 is 77.3. The van der Waals surface area contributed by atoms with Crippen LogP contribution in [0.25, 0.3) is 0 Å². The zero-order chi connectivity index (χ0) is 17.4. The van der Waals surface area contributed by atoms with E-state index in [4.69, 9.17) is 0 Å². The fraction of sp³-hybridized carbons (Fsp3) is 0.133. The van der Waals surface area contributed by atoms with Crippen LogP contribution >= 0.6 is 0 Å². The number of amides is 1. The molecule has 0 aliphatic heterocycles. The normalized spacial score (nSPS) is 11.4. The van der Waals surface area contributed by atoms with E-state index in [9.17, 15) is 31.1 Å². The highest BCUT2D eigenvalue weighted by molar-refractivity contribution is 6.04. The van der Waals surface area contributed by atoms with Gasteiger partial charge in [-0.2, -0.15) is 13.2 Å². The van der Waals surface area contributed by atoms with Crippen LogP contribution in [0.4, 0.5) is 32.0 Å².